The number of sulfone groups is 1. The second kappa shape index (κ2) is 9.84. The molecule has 0 spiro atoms. The van der Waals surface area contributed by atoms with Crippen LogP contribution in [0.25, 0.3) is 5.70 Å². The van der Waals surface area contributed by atoms with Gasteiger partial charge in [-0.15, -0.1) is 0 Å². The Morgan fingerprint density at radius 2 is 1.69 bits per heavy atom. The first-order valence-corrected chi connectivity index (χ1v) is 14.0. The van der Waals surface area contributed by atoms with E-state index >= 15 is 0 Å². The highest BCUT2D eigenvalue weighted by Crippen LogP contribution is 2.28. The lowest BCUT2D eigenvalue weighted by Gasteiger charge is -2.20. The van der Waals surface area contributed by atoms with Crippen LogP contribution in [0.3, 0.4) is 0 Å². The number of hydrogen-bond acceptors (Lipinski definition) is 6. The van der Waals surface area contributed by atoms with E-state index in [2.05, 4.69) is 10.9 Å². The molecule has 1 aliphatic heterocycles. The van der Waals surface area contributed by atoms with Crippen molar-refractivity contribution in [3.05, 3.63) is 101 Å². The molecule has 2 N–H and O–H groups in total. The average molecular weight is 530 g/mol. The topological polar surface area (TPSA) is 113 Å². The van der Waals surface area contributed by atoms with Gasteiger partial charge in [-0.3, -0.25) is 15.6 Å². The van der Waals surface area contributed by atoms with Crippen LogP contribution >= 0.6 is 0 Å². The number of hydrazine groups is 1. The fourth-order valence-corrected chi connectivity index (χ4v) is 6.19. The first-order chi connectivity index (χ1) is 17.0. The van der Waals surface area contributed by atoms with Gasteiger partial charge in [-0.2, -0.15) is 4.31 Å². The Bertz CT molecular complexity index is 1550. The molecule has 0 aliphatic carbocycles. The van der Waals surface area contributed by atoms with Crippen molar-refractivity contribution in [3.8, 4) is 0 Å². The van der Waals surface area contributed by atoms with Crippen LogP contribution in [0.2, 0.25) is 0 Å². The Balaban J connectivity index is 1.41. The van der Waals surface area contributed by atoms with Crippen LogP contribution in [0.4, 0.5) is 4.39 Å². The Morgan fingerprint density at radius 1 is 1.03 bits per heavy atom. The maximum Gasteiger partial charge on any atom is 0.269 e. The number of carbonyl (C=O) groups is 1. The van der Waals surface area contributed by atoms with Crippen molar-refractivity contribution in [3.63, 3.8) is 0 Å². The highest BCUT2D eigenvalue weighted by molar-refractivity contribution is 7.91. The molecule has 0 bridgehead atoms. The quantitative estimate of drug-likeness (QED) is 0.360. The second-order valence-electron chi connectivity index (χ2n) is 8.39. The lowest BCUT2D eigenvalue weighted by molar-refractivity contribution is 0.0942. The maximum absolute atomic E-state index is 13.7. The third-order valence-electron chi connectivity index (χ3n) is 5.73. The minimum Gasteiger partial charge on any atom is -0.298 e. The Kier molecular flexibility index (Phi) is 6.98. The molecule has 0 atom stereocenters. The van der Waals surface area contributed by atoms with Gasteiger partial charge >= 0.3 is 0 Å². The molecule has 8 nitrogen and oxygen atoms in total. The average Bonchev–Trinajstić information content (AvgIpc) is 2.84. The van der Waals surface area contributed by atoms with E-state index in [4.69, 9.17) is 0 Å². The van der Waals surface area contributed by atoms with Crippen molar-refractivity contribution in [2.24, 2.45) is 0 Å². The van der Waals surface area contributed by atoms with Crippen LogP contribution < -0.4 is 10.9 Å². The van der Waals surface area contributed by atoms with Gasteiger partial charge in [0, 0.05) is 24.7 Å². The van der Waals surface area contributed by atoms with E-state index in [1.54, 1.807) is 48.5 Å². The van der Waals surface area contributed by atoms with Gasteiger partial charge in [0.15, 0.2) is 9.84 Å². The number of benzene rings is 3. The number of aryl methyl sites for hydroxylation is 1. The van der Waals surface area contributed by atoms with Crippen LogP contribution in [0, 0.1) is 12.7 Å². The summed E-state index contributed by atoms with van der Waals surface area (Å²) in [5.74, 6) is -1.39. The first-order valence-electron chi connectivity index (χ1n) is 10.9. The van der Waals surface area contributed by atoms with Crippen LogP contribution in [-0.2, 0) is 26.4 Å². The Labute approximate surface area is 209 Å². The zero-order valence-corrected chi connectivity index (χ0v) is 21.2. The summed E-state index contributed by atoms with van der Waals surface area (Å²) in [6.07, 6.45) is 1.37. The van der Waals surface area contributed by atoms with E-state index in [9.17, 15) is 26.0 Å². The number of carbonyl (C=O) groups excluding carboxylic acids is 1. The van der Waals surface area contributed by atoms with E-state index in [1.807, 2.05) is 6.92 Å². The molecule has 0 saturated heterocycles. The molecule has 3 aromatic carbocycles. The van der Waals surface area contributed by atoms with E-state index < -0.39 is 31.6 Å². The smallest absolute Gasteiger partial charge is 0.269 e. The molecule has 1 amide bonds. The maximum atomic E-state index is 13.7. The highest BCUT2D eigenvalue weighted by Gasteiger charge is 2.25. The Hall–Kier alpha value is -3.54. The molecular weight excluding hydrogens is 505 g/mol. The SMILES string of the molecule is Cc1ccc(S(=O)(=O)N(C)Cc2ccc(C(=O)NNC3=CCS(=O)(=O)c4ccc(F)cc43)cc2)cc1. The van der Waals surface area contributed by atoms with E-state index in [0.29, 0.717) is 11.1 Å². The summed E-state index contributed by atoms with van der Waals surface area (Å²) in [5, 5.41) is 0. The first kappa shape index (κ1) is 25.5. The van der Waals surface area contributed by atoms with Gasteiger partial charge in [-0.25, -0.2) is 21.2 Å². The predicted molar refractivity (Wildman–Crippen MR) is 133 cm³/mol. The minimum absolute atomic E-state index is 0.0165. The zero-order chi connectivity index (χ0) is 26.1. The lowest BCUT2D eigenvalue weighted by atomic mass is 10.1. The van der Waals surface area contributed by atoms with Crippen molar-refractivity contribution >= 4 is 31.5 Å². The van der Waals surface area contributed by atoms with Gasteiger partial charge in [-0.05, 0) is 61.0 Å². The van der Waals surface area contributed by atoms with Gasteiger partial charge in [0.1, 0.15) is 5.82 Å². The van der Waals surface area contributed by atoms with Gasteiger partial charge in [0.25, 0.3) is 5.91 Å². The number of sulfonamides is 1. The molecule has 0 unspecified atom stereocenters. The van der Waals surface area contributed by atoms with Gasteiger partial charge in [0.05, 0.1) is 21.2 Å². The molecule has 0 saturated carbocycles. The molecule has 11 heteroatoms. The number of halogens is 1. The number of amides is 1. The zero-order valence-electron chi connectivity index (χ0n) is 19.5. The molecule has 4 rings (SSSR count). The molecule has 1 heterocycles. The molecule has 1 aliphatic rings. The van der Waals surface area contributed by atoms with Crippen molar-refractivity contribution in [2.45, 2.75) is 23.3 Å². The Morgan fingerprint density at radius 3 is 2.36 bits per heavy atom. The highest BCUT2D eigenvalue weighted by atomic mass is 32.2. The monoisotopic (exact) mass is 529 g/mol. The van der Waals surface area contributed by atoms with Crippen LogP contribution in [0.15, 0.2) is 82.6 Å². The number of nitrogens with zero attached hydrogens (tertiary/aromatic N) is 1. The molecule has 3 aromatic rings. The van der Waals surface area contributed by atoms with Crippen molar-refractivity contribution in [1.29, 1.82) is 0 Å². The van der Waals surface area contributed by atoms with Crippen molar-refractivity contribution in [1.82, 2.24) is 15.2 Å². The van der Waals surface area contributed by atoms with Gasteiger partial charge in [-0.1, -0.05) is 29.8 Å². The van der Waals surface area contributed by atoms with Crippen LogP contribution in [-0.4, -0.2) is 39.8 Å². The fraction of sp³-hybridized carbons (Fsp3) is 0.160. The third kappa shape index (κ3) is 5.32. The standard InChI is InChI=1S/C25H24FN3O5S2/c1-17-3-10-21(11-4-17)36(33,34)29(2)16-18-5-7-19(8-6-18)25(30)28-27-23-13-14-35(31,32)24-12-9-20(26)15-22(23)24/h3-13,15,27H,14,16H2,1-2H3,(H,28,30). The molecular formula is C25H24FN3O5S2. The normalized spacial score (nSPS) is 14.6. The summed E-state index contributed by atoms with van der Waals surface area (Å²) in [6, 6.07) is 16.3. The van der Waals surface area contributed by atoms with E-state index in [-0.39, 0.29) is 33.3 Å². The number of hydrogen-bond donors (Lipinski definition) is 2. The summed E-state index contributed by atoms with van der Waals surface area (Å²) in [5.41, 5.74) is 7.50. The molecule has 0 radical (unpaired) electrons. The van der Waals surface area contributed by atoms with Gasteiger partial charge in [0.2, 0.25) is 10.0 Å². The number of rotatable bonds is 7. The summed E-state index contributed by atoms with van der Waals surface area (Å²) in [6.45, 7) is 1.99. The van der Waals surface area contributed by atoms with Crippen molar-refractivity contribution in [2.75, 3.05) is 12.8 Å². The number of nitrogens with one attached hydrogen (secondary N) is 2. The molecule has 0 aromatic heterocycles. The summed E-state index contributed by atoms with van der Waals surface area (Å²) < 4.78 is 65.0. The van der Waals surface area contributed by atoms with E-state index in [1.165, 1.54) is 23.5 Å². The molecule has 188 valence electrons. The summed E-state index contributed by atoms with van der Waals surface area (Å²) >= 11 is 0. The molecule has 36 heavy (non-hydrogen) atoms. The minimum atomic E-state index is -3.67. The van der Waals surface area contributed by atoms with Crippen LogP contribution in [0.1, 0.15) is 27.0 Å². The van der Waals surface area contributed by atoms with Crippen LogP contribution in [0.5, 0.6) is 0 Å². The summed E-state index contributed by atoms with van der Waals surface area (Å²) in [7, 11) is -5.75. The van der Waals surface area contributed by atoms with E-state index in [0.717, 1.165) is 17.7 Å². The lowest BCUT2D eigenvalue weighted by Crippen LogP contribution is -2.37. The number of fused-ring (bicyclic) bond motifs is 1. The molecule has 0 fully saturated rings. The third-order valence-corrected chi connectivity index (χ3v) is 9.18. The largest absolute Gasteiger partial charge is 0.298 e. The van der Waals surface area contributed by atoms with Crippen molar-refractivity contribution < 1.29 is 26.0 Å². The second-order valence-corrected chi connectivity index (χ2v) is 12.4. The summed E-state index contributed by atoms with van der Waals surface area (Å²) in [4.78, 5) is 12.8. The van der Waals surface area contributed by atoms with Gasteiger partial charge < -0.3 is 0 Å². The fourth-order valence-electron chi connectivity index (χ4n) is 3.69. The predicted octanol–water partition coefficient (Wildman–Crippen LogP) is 3.02.